The molecule has 1 atom stereocenters. The van der Waals surface area contributed by atoms with Gasteiger partial charge in [0.05, 0.1) is 16.6 Å². The Morgan fingerprint density at radius 1 is 1.19 bits per heavy atom. The van der Waals surface area contributed by atoms with Gasteiger partial charge in [-0.15, -0.1) is 11.6 Å². The van der Waals surface area contributed by atoms with Crippen molar-refractivity contribution >= 4 is 38.6 Å². The molecular formula is C15H10BrClF2N2. The summed E-state index contributed by atoms with van der Waals surface area (Å²) in [7, 11) is 0. The van der Waals surface area contributed by atoms with E-state index in [2.05, 4.69) is 20.9 Å². The van der Waals surface area contributed by atoms with Gasteiger partial charge in [0.1, 0.15) is 11.3 Å². The van der Waals surface area contributed by atoms with Crippen molar-refractivity contribution < 1.29 is 8.78 Å². The van der Waals surface area contributed by atoms with Gasteiger partial charge in [-0.3, -0.25) is 4.57 Å². The van der Waals surface area contributed by atoms with Crippen LogP contribution < -0.4 is 0 Å². The van der Waals surface area contributed by atoms with E-state index in [9.17, 15) is 8.78 Å². The van der Waals surface area contributed by atoms with Crippen LogP contribution in [0.4, 0.5) is 8.78 Å². The number of aromatic nitrogens is 2. The first-order chi connectivity index (χ1) is 10.0. The van der Waals surface area contributed by atoms with E-state index in [1.165, 1.54) is 6.07 Å². The van der Waals surface area contributed by atoms with Crippen LogP contribution in [0, 0.1) is 11.6 Å². The van der Waals surface area contributed by atoms with Crippen molar-refractivity contribution in [2.24, 2.45) is 0 Å². The van der Waals surface area contributed by atoms with Crippen LogP contribution in [0.2, 0.25) is 0 Å². The van der Waals surface area contributed by atoms with Crippen molar-refractivity contribution in [3.8, 4) is 5.69 Å². The zero-order valence-corrected chi connectivity index (χ0v) is 13.3. The molecule has 6 heteroatoms. The molecule has 0 saturated carbocycles. The number of halogens is 4. The maximum Gasteiger partial charge on any atom is 0.185 e. The van der Waals surface area contributed by atoms with Crippen molar-refractivity contribution in [1.82, 2.24) is 9.55 Å². The Morgan fingerprint density at radius 2 is 1.90 bits per heavy atom. The van der Waals surface area contributed by atoms with E-state index in [1.807, 2.05) is 18.2 Å². The predicted octanol–water partition coefficient (Wildman–Crippen LogP) is 5.37. The minimum Gasteiger partial charge on any atom is -0.291 e. The quantitative estimate of drug-likeness (QED) is 0.554. The smallest absolute Gasteiger partial charge is 0.185 e. The minimum atomic E-state index is -0.931. The SMILES string of the molecule is CC(Cl)c1nc2ccc(F)c(F)c2n1-c1ccccc1Br. The average Bonchev–Trinajstić information content (AvgIpc) is 2.84. The summed E-state index contributed by atoms with van der Waals surface area (Å²) in [6, 6.07) is 9.78. The van der Waals surface area contributed by atoms with E-state index in [-0.39, 0.29) is 5.52 Å². The van der Waals surface area contributed by atoms with E-state index >= 15 is 0 Å². The Labute approximate surface area is 133 Å². The fourth-order valence-electron chi connectivity index (χ4n) is 2.26. The molecule has 2 nitrogen and oxygen atoms in total. The minimum absolute atomic E-state index is 0.0874. The van der Waals surface area contributed by atoms with Gasteiger partial charge in [0.15, 0.2) is 11.6 Å². The number of hydrogen-bond donors (Lipinski definition) is 0. The molecule has 0 bridgehead atoms. The molecule has 1 aromatic heterocycles. The van der Waals surface area contributed by atoms with Crippen molar-refractivity contribution in [3.63, 3.8) is 0 Å². The highest BCUT2D eigenvalue weighted by Crippen LogP contribution is 2.33. The Bertz CT molecular complexity index is 830. The highest BCUT2D eigenvalue weighted by molar-refractivity contribution is 9.10. The summed E-state index contributed by atoms with van der Waals surface area (Å²) in [6.45, 7) is 1.74. The molecule has 0 amide bonds. The van der Waals surface area contributed by atoms with Crippen LogP contribution in [-0.4, -0.2) is 9.55 Å². The van der Waals surface area contributed by atoms with E-state index in [0.717, 1.165) is 10.5 Å². The molecule has 3 rings (SSSR count). The maximum atomic E-state index is 14.3. The zero-order chi connectivity index (χ0) is 15.1. The summed E-state index contributed by atoms with van der Waals surface area (Å²) in [6.07, 6.45) is 0. The van der Waals surface area contributed by atoms with Gasteiger partial charge >= 0.3 is 0 Å². The van der Waals surface area contributed by atoms with Crippen molar-refractivity contribution in [2.45, 2.75) is 12.3 Å². The number of imidazole rings is 1. The molecule has 2 aromatic carbocycles. The van der Waals surface area contributed by atoms with Crippen LogP contribution in [0.15, 0.2) is 40.9 Å². The van der Waals surface area contributed by atoms with E-state index in [1.54, 1.807) is 17.6 Å². The number of alkyl halides is 1. The highest BCUT2D eigenvalue weighted by atomic mass is 79.9. The molecule has 0 radical (unpaired) electrons. The van der Waals surface area contributed by atoms with Crippen LogP contribution in [0.1, 0.15) is 18.1 Å². The second-order valence-corrected chi connectivity index (χ2v) is 6.11. The lowest BCUT2D eigenvalue weighted by Crippen LogP contribution is -2.04. The third kappa shape index (κ3) is 2.34. The number of nitrogens with zero attached hydrogens (tertiary/aromatic N) is 2. The Hall–Kier alpha value is -1.46. The Balaban J connectivity index is 2.47. The van der Waals surface area contributed by atoms with E-state index in [4.69, 9.17) is 11.6 Å². The van der Waals surface area contributed by atoms with Gasteiger partial charge in [0.2, 0.25) is 0 Å². The Morgan fingerprint density at radius 3 is 2.57 bits per heavy atom. The third-order valence-electron chi connectivity index (χ3n) is 3.18. The zero-order valence-electron chi connectivity index (χ0n) is 10.9. The number of para-hydroxylation sites is 1. The summed E-state index contributed by atoms with van der Waals surface area (Å²) in [5, 5.41) is -0.452. The lowest BCUT2D eigenvalue weighted by atomic mass is 10.2. The largest absolute Gasteiger partial charge is 0.291 e. The number of hydrogen-bond acceptors (Lipinski definition) is 1. The molecule has 0 saturated heterocycles. The topological polar surface area (TPSA) is 17.8 Å². The molecule has 1 heterocycles. The molecule has 0 aliphatic heterocycles. The lowest BCUT2D eigenvalue weighted by Gasteiger charge is -2.12. The number of benzene rings is 2. The summed E-state index contributed by atoms with van der Waals surface area (Å²) in [5.74, 6) is -1.38. The summed E-state index contributed by atoms with van der Waals surface area (Å²) < 4.78 is 30.1. The first kappa shape index (κ1) is 14.5. The highest BCUT2D eigenvalue weighted by Gasteiger charge is 2.22. The molecule has 1 unspecified atom stereocenters. The number of rotatable bonds is 2. The summed E-state index contributed by atoms with van der Waals surface area (Å²) >= 11 is 9.58. The molecule has 108 valence electrons. The monoisotopic (exact) mass is 370 g/mol. The first-order valence-electron chi connectivity index (χ1n) is 6.26. The summed E-state index contributed by atoms with van der Waals surface area (Å²) in [5.41, 5.74) is 1.11. The molecule has 0 aliphatic carbocycles. The molecule has 0 N–H and O–H groups in total. The van der Waals surface area contributed by atoms with E-state index < -0.39 is 17.0 Å². The summed E-state index contributed by atoms with van der Waals surface area (Å²) in [4.78, 5) is 4.34. The van der Waals surface area contributed by atoms with Gasteiger partial charge in [0, 0.05) is 4.47 Å². The van der Waals surface area contributed by atoms with Gasteiger partial charge in [-0.1, -0.05) is 12.1 Å². The molecule has 0 aliphatic rings. The van der Waals surface area contributed by atoms with Gasteiger partial charge < -0.3 is 0 Å². The second-order valence-electron chi connectivity index (χ2n) is 4.60. The normalized spacial score (nSPS) is 12.8. The Kier molecular flexibility index (Phi) is 3.71. The standard InChI is InChI=1S/C15H10BrClF2N2/c1-8(17)15-20-11-7-6-10(18)13(19)14(11)21(15)12-5-3-2-4-9(12)16/h2-8H,1H3. The fraction of sp³-hybridized carbons (Fsp3) is 0.133. The lowest BCUT2D eigenvalue weighted by molar-refractivity contribution is 0.514. The van der Waals surface area contributed by atoms with Crippen molar-refractivity contribution in [3.05, 3.63) is 58.3 Å². The average molecular weight is 372 g/mol. The number of fused-ring (bicyclic) bond motifs is 1. The van der Waals surface area contributed by atoms with Gasteiger partial charge in [-0.2, -0.15) is 0 Å². The van der Waals surface area contributed by atoms with Gasteiger partial charge in [0.25, 0.3) is 0 Å². The van der Waals surface area contributed by atoms with Crippen LogP contribution >= 0.6 is 27.5 Å². The van der Waals surface area contributed by atoms with Crippen molar-refractivity contribution in [1.29, 1.82) is 0 Å². The predicted molar refractivity (Wildman–Crippen MR) is 83.0 cm³/mol. The molecule has 21 heavy (non-hydrogen) atoms. The molecular weight excluding hydrogens is 362 g/mol. The molecule has 0 spiro atoms. The van der Waals surface area contributed by atoms with Crippen LogP contribution in [0.3, 0.4) is 0 Å². The third-order valence-corrected chi connectivity index (χ3v) is 4.05. The van der Waals surface area contributed by atoms with Gasteiger partial charge in [-0.05, 0) is 47.1 Å². The van der Waals surface area contributed by atoms with Crippen LogP contribution in [0.5, 0.6) is 0 Å². The van der Waals surface area contributed by atoms with Gasteiger partial charge in [-0.25, -0.2) is 13.8 Å². The van der Waals surface area contributed by atoms with Crippen molar-refractivity contribution in [2.75, 3.05) is 0 Å². The first-order valence-corrected chi connectivity index (χ1v) is 7.49. The van der Waals surface area contributed by atoms with E-state index in [0.29, 0.717) is 17.0 Å². The second kappa shape index (κ2) is 5.39. The maximum absolute atomic E-state index is 14.3. The van der Waals surface area contributed by atoms with Crippen LogP contribution in [0.25, 0.3) is 16.7 Å². The fourth-order valence-corrected chi connectivity index (χ4v) is 2.87. The molecule has 3 aromatic rings. The van der Waals surface area contributed by atoms with Crippen LogP contribution in [-0.2, 0) is 0 Å². The molecule has 0 fully saturated rings.